The molecule has 0 saturated carbocycles. The van der Waals surface area contributed by atoms with Crippen molar-refractivity contribution in [2.75, 3.05) is 13.2 Å². The Morgan fingerprint density at radius 2 is 2.20 bits per heavy atom. The van der Waals surface area contributed by atoms with Crippen molar-refractivity contribution in [1.29, 1.82) is 0 Å². The molecule has 5 heteroatoms. The van der Waals surface area contributed by atoms with Gasteiger partial charge in [0.1, 0.15) is 5.75 Å². The van der Waals surface area contributed by atoms with Crippen molar-refractivity contribution >= 4 is 5.97 Å². The Bertz CT molecular complexity index is 750. The highest BCUT2D eigenvalue weighted by Gasteiger charge is 2.37. The van der Waals surface area contributed by atoms with E-state index in [9.17, 15) is 9.90 Å². The summed E-state index contributed by atoms with van der Waals surface area (Å²) in [5, 5.41) is 9.56. The summed E-state index contributed by atoms with van der Waals surface area (Å²) in [6, 6.07) is 7.98. The van der Waals surface area contributed by atoms with E-state index in [4.69, 9.17) is 14.2 Å². The van der Waals surface area contributed by atoms with Gasteiger partial charge in [-0.15, -0.1) is 0 Å². The quantitative estimate of drug-likeness (QED) is 0.534. The number of allylic oxidation sites excluding steroid dienone is 2. The molecule has 4 atom stereocenters. The third-order valence-electron chi connectivity index (χ3n) is 5.92. The molecule has 0 amide bonds. The molecule has 1 saturated heterocycles. The second kappa shape index (κ2) is 10.8. The van der Waals surface area contributed by atoms with E-state index in [0.29, 0.717) is 6.61 Å². The molecular weight excluding hydrogens is 380 g/mol. The highest BCUT2D eigenvalue weighted by Crippen LogP contribution is 2.35. The zero-order valence-corrected chi connectivity index (χ0v) is 18.1. The zero-order chi connectivity index (χ0) is 21.4. The minimum atomic E-state index is -0.837. The first kappa shape index (κ1) is 22.6. The molecule has 0 radical (unpaired) electrons. The first-order chi connectivity index (χ1) is 14.5. The summed E-state index contributed by atoms with van der Waals surface area (Å²) < 4.78 is 18.2. The van der Waals surface area contributed by atoms with Crippen molar-refractivity contribution < 1.29 is 24.1 Å². The average Bonchev–Trinajstić information content (AvgIpc) is 2.76. The van der Waals surface area contributed by atoms with Gasteiger partial charge in [0.25, 0.3) is 0 Å². The van der Waals surface area contributed by atoms with Crippen molar-refractivity contribution in [3.8, 4) is 5.75 Å². The number of unbranched alkanes of at least 4 members (excludes halogenated alkanes) is 1. The van der Waals surface area contributed by atoms with Crippen LogP contribution in [0.15, 0.2) is 48.6 Å². The summed E-state index contributed by atoms with van der Waals surface area (Å²) >= 11 is 0. The predicted octanol–water partition coefficient (Wildman–Crippen LogP) is 5.67. The Kier molecular flexibility index (Phi) is 8.11. The van der Waals surface area contributed by atoms with Crippen LogP contribution >= 0.6 is 0 Å². The van der Waals surface area contributed by atoms with Crippen LogP contribution in [-0.4, -0.2) is 30.6 Å². The maximum Gasteiger partial charge on any atom is 0.311 e. The Labute approximate surface area is 179 Å². The average molecular weight is 415 g/mol. The molecule has 1 fully saturated rings. The molecule has 1 aliphatic carbocycles. The van der Waals surface area contributed by atoms with Gasteiger partial charge in [-0.2, -0.15) is 0 Å². The molecule has 4 unspecified atom stereocenters. The fourth-order valence-electron chi connectivity index (χ4n) is 4.02. The molecule has 164 valence electrons. The maximum absolute atomic E-state index is 11.6. The van der Waals surface area contributed by atoms with Crippen LogP contribution in [0.25, 0.3) is 0 Å². The van der Waals surface area contributed by atoms with E-state index >= 15 is 0 Å². The molecule has 2 aliphatic rings. The van der Waals surface area contributed by atoms with Gasteiger partial charge in [0, 0.05) is 12.0 Å². The minimum Gasteiger partial charge on any atom is -0.493 e. The standard InChI is InChI=1S/C25H34O5/c1-3-4-13-22(30-23-14-6-8-16-28-23)19-10-9-11-20(17-19)29-18-25(2)15-7-5-12-21(25)24(26)27/h5,7,9-12,15,17,21-23H,3-4,6,8,13-14,16,18H2,1-2H3,(H,26,27). The van der Waals surface area contributed by atoms with Crippen LogP contribution < -0.4 is 4.74 Å². The van der Waals surface area contributed by atoms with Crippen LogP contribution in [-0.2, 0) is 14.3 Å². The zero-order valence-electron chi connectivity index (χ0n) is 18.1. The molecular formula is C25H34O5. The lowest BCUT2D eigenvalue weighted by Gasteiger charge is -2.32. The first-order valence-electron chi connectivity index (χ1n) is 11.1. The third kappa shape index (κ3) is 5.96. The molecule has 5 nitrogen and oxygen atoms in total. The van der Waals surface area contributed by atoms with E-state index in [-0.39, 0.29) is 12.4 Å². The minimum absolute atomic E-state index is 0.0311. The number of carboxylic acid groups (broad SMARTS) is 1. The predicted molar refractivity (Wildman–Crippen MR) is 116 cm³/mol. The van der Waals surface area contributed by atoms with Crippen LogP contribution in [0.3, 0.4) is 0 Å². The van der Waals surface area contributed by atoms with Gasteiger partial charge in [0.05, 0.1) is 18.6 Å². The Morgan fingerprint density at radius 3 is 2.93 bits per heavy atom. The van der Waals surface area contributed by atoms with Gasteiger partial charge in [-0.25, -0.2) is 0 Å². The van der Waals surface area contributed by atoms with Crippen molar-refractivity contribution in [3.63, 3.8) is 0 Å². The highest BCUT2D eigenvalue weighted by atomic mass is 16.7. The number of rotatable bonds is 10. The molecule has 3 rings (SSSR count). The van der Waals surface area contributed by atoms with Crippen LogP contribution in [0.4, 0.5) is 0 Å². The number of aliphatic carboxylic acids is 1. The highest BCUT2D eigenvalue weighted by molar-refractivity contribution is 5.74. The van der Waals surface area contributed by atoms with Gasteiger partial charge in [-0.1, -0.05) is 63.1 Å². The smallest absolute Gasteiger partial charge is 0.311 e. The molecule has 0 bridgehead atoms. The largest absolute Gasteiger partial charge is 0.493 e. The van der Waals surface area contributed by atoms with Gasteiger partial charge in [0.15, 0.2) is 6.29 Å². The van der Waals surface area contributed by atoms with E-state index in [1.54, 1.807) is 12.2 Å². The lowest BCUT2D eigenvalue weighted by atomic mass is 9.75. The topological polar surface area (TPSA) is 65.0 Å². The van der Waals surface area contributed by atoms with Gasteiger partial charge in [-0.05, 0) is 43.4 Å². The van der Waals surface area contributed by atoms with E-state index < -0.39 is 17.3 Å². The number of carbonyl (C=O) groups is 1. The molecule has 0 aromatic heterocycles. The second-order valence-corrected chi connectivity index (χ2v) is 8.49. The first-order valence-corrected chi connectivity index (χ1v) is 11.1. The van der Waals surface area contributed by atoms with E-state index in [1.165, 1.54) is 0 Å². The van der Waals surface area contributed by atoms with Crippen LogP contribution in [0.1, 0.15) is 64.0 Å². The van der Waals surface area contributed by atoms with Crippen LogP contribution in [0.5, 0.6) is 5.75 Å². The molecule has 1 heterocycles. The maximum atomic E-state index is 11.6. The third-order valence-corrected chi connectivity index (χ3v) is 5.92. The Morgan fingerprint density at radius 1 is 1.33 bits per heavy atom. The van der Waals surface area contributed by atoms with Gasteiger partial charge in [-0.3, -0.25) is 4.79 Å². The number of hydrogen-bond acceptors (Lipinski definition) is 4. The van der Waals surface area contributed by atoms with Gasteiger partial charge in [0.2, 0.25) is 0 Å². The monoisotopic (exact) mass is 414 g/mol. The van der Waals surface area contributed by atoms with Crippen molar-refractivity contribution in [2.45, 2.75) is 64.8 Å². The van der Waals surface area contributed by atoms with Crippen molar-refractivity contribution in [3.05, 3.63) is 54.1 Å². The summed E-state index contributed by atoms with van der Waals surface area (Å²) in [7, 11) is 0. The summed E-state index contributed by atoms with van der Waals surface area (Å²) in [4.78, 5) is 11.6. The van der Waals surface area contributed by atoms with E-state index in [2.05, 4.69) is 13.0 Å². The van der Waals surface area contributed by atoms with Gasteiger partial charge < -0.3 is 19.3 Å². The molecule has 1 aromatic carbocycles. The normalized spacial score (nSPS) is 27.0. The lowest BCUT2D eigenvalue weighted by Crippen LogP contribution is -2.36. The summed E-state index contributed by atoms with van der Waals surface area (Å²) in [6.45, 7) is 5.16. The Hall–Kier alpha value is -2.11. The number of carboxylic acids is 1. The fourth-order valence-corrected chi connectivity index (χ4v) is 4.02. The van der Waals surface area contributed by atoms with Crippen LogP contribution in [0, 0.1) is 11.3 Å². The summed E-state index contributed by atoms with van der Waals surface area (Å²) in [5.74, 6) is -0.707. The fraction of sp³-hybridized carbons (Fsp3) is 0.560. The molecule has 0 spiro atoms. The molecule has 1 N–H and O–H groups in total. The van der Waals surface area contributed by atoms with E-state index in [1.807, 2.05) is 37.3 Å². The van der Waals surface area contributed by atoms with Crippen molar-refractivity contribution in [1.82, 2.24) is 0 Å². The van der Waals surface area contributed by atoms with Crippen LogP contribution in [0.2, 0.25) is 0 Å². The second-order valence-electron chi connectivity index (χ2n) is 8.49. The molecule has 1 aromatic rings. The lowest BCUT2D eigenvalue weighted by molar-refractivity contribution is -0.191. The number of ether oxygens (including phenoxy) is 3. The summed E-state index contributed by atoms with van der Waals surface area (Å²) in [5.41, 5.74) is 0.485. The summed E-state index contributed by atoms with van der Waals surface area (Å²) in [6.07, 6.45) is 13.4. The van der Waals surface area contributed by atoms with Gasteiger partial charge >= 0.3 is 5.97 Å². The Balaban J connectivity index is 1.69. The van der Waals surface area contributed by atoms with Crippen molar-refractivity contribution in [2.24, 2.45) is 11.3 Å². The number of benzene rings is 1. The molecule has 30 heavy (non-hydrogen) atoms. The SMILES string of the molecule is CCCCC(OC1CCCCO1)c1cccc(OCC2(C)C=CC=CC2C(=O)O)c1. The molecule has 1 aliphatic heterocycles. The van der Waals surface area contributed by atoms with E-state index in [0.717, 1.165) is 56.4 Å². The number of hydrogen-bond donors (Lipinski definition) is 1.